The van der Waals surface area contributed by atoms with E-state index in [0.29, 0.717) is 18.1 Å². The van der Waals surface area contributed by atoms with Crippen LogP contribution in [0.1, 0.15) is 32.1 Å². The van der Waals surface area contributed by atoms with Crippen molar-refractivity contribution >= 4 is 5.78 Å². The van der Waals surface area contributed by atoms with E-state index < -0.39 is 0 Å². The maximum atomic E-state index is 13.0. The Morgan fingerprint density at radius 3 is 2.64 bits per heavy atom. The summed E-state index contributed by atoms with van der Waals surface area (Å²) in [4.78, 5) is 13.0. The molecule has 4 fully saturated rings. The van der Waals surface area contributed by atoms with Crippen molar-refractivity contribution in [2.45, 2.75) is 50.7 Å². The van der Waals surface area contributed by atoms with Crippen molar-refractivity contribution < 1.29 is 14.6 Å². The lowest BCUT2D eigenvalue weighted by Gasteiger charge is -2.50. The van der Waals surface area contributed by atoms with Gasteiger partial charge in [0.05, 0.1) is 18.0 Å². The zero-order valence-corrected chi connectivity index (χ0v) is 12.9. The van der Waals surface area contributed by atoms with E-state index in [0.717, 1.165) is 18.9 Å². The minimum absolute atomic E-state index is 0.0156. The molecule has 1 aliphatic carbocycles. The van der Waals surface area contributed by atoms with Gasteiger partial charge in [-0.25, -0.2) is 0 Å². The highest BCUT2D eigenvalue weighted by atomic mass is 16.5. The second-order valence-corrected chi connectivity index (χ2v) is 7.56. The summed E-state index contributed by atoms with van der Waals surface area (Å²) >= 11 is 0. The van der Waals surface area contributed by atoms with Gasteiger partial charge in [0.1, 0.15) is 18.2 Å². The molecule has 7 unspecified atom stereocenters. The van der Waals surface area contributed by atoms with Crippen LogP contribution in [0, 0.1) is 29.6 Å². The second kappa shape index (κ2) is 5.83. The highest BCUT2D eigenvalue weighted by molar-refractivity contribution is 5.85. The van der Waals surface area contributed by atoms with Crippen molar-refractivity contribution in [1.29, 1.82) is 0 Å². The van der Waals surface area contributed by atoms with E-state index in [2.05, 4.69) is 10.6 Å². The molecule has 4 aliphatic rings. The van der Waals surface area contributed by atoms with Gasteiger partial charge in [0.25, 0.3) is 0 Å². The highest BCUT2D eigenvalue weighted by Crippen LogP contribution is 2.42. The Bertz CT molecular complexity index is 442. The van der Waals surface area contributed by atoms with E-state index in [4.69, 9.17) is 10.5 Å². The number of hydrogen-bond acceptors (Lipinski definition) is 6. The van der Waals surface area contributed by atoms with E-state index in [1.807, 2.05) is 0 Å². The van der Waals surface area contributed by atoms with Gasteiger partial charge in [-0.2, -0.15) is 0 Å². The Morgan fingerprint density at radius 1 is 1.18 bits per heavy atom. The molecule has 0 bridgehead atoms. The standard InChI is InChI=1S/C16H27N3O3/c17-14-10(7-20)5-12-13(21)11-4-9(8-2-1-3-8)6-18-15(11)22-16(12)19-14/h8-12,14-16,18-20H,1-7,17H2. The predicted octanol–water partition coefficient (Wildman–Crippen LogP) is -0.233. The fraction of sp³-hybridized carbons (Fsp3) is 0.938. The molecule has 0 amide bonds. The van der Waals surface area contributed by atoms with Crippen molar-refractivity contribution in [3.8, 4) is 0 Å². The summed E-state index contributed by atoms with van der Waals surface area (Å²) in [5.74, 6) is 1.45. The molecule has 5 N–H and O–H groups in total. The maximum absolute atomic E-state index is 13.0. The SMILES string of the molecule is NC1NC2OC3NCC(C4CCC4)CC3C(=O)C2CC1CO. The van der Waals surface area contributed by atoms with Crippen LogP contribution < -0.4 is 16.4 Å². The van der Waals surface area contributed by atoms with Crippen LogP contribution in [0.4, 0.5) is 0 Å². The molecule has 0 aromatic rings. The number of carbonyl (C=O) groups excluding carboxylic acids is 1. The summed E-state index contributed by atoms with van der Waals surface area (Å²) in [6, 6.07) is 0. The van der Waals surface area contributed by atoms with Crippen LogP contribution in [-0.4, -0.2) is 42.7 Å². The summed E-state index contributed by atoms with van der Waals surface area (Å²) < 4.78 is 6.10. The lowest BCUT2D eigenvalue weighted by molar-refractivity contribution is -0.188. The first-order valence-electron chi connectivity index (χ1n) is 8.72. The number of Topliss-reactive ketones (excluding diaryl/α,β-unsaturated/α-hetero) is 1. The molecule has 4 rings (SSSR count). The molecular formula is C16H27N3O3. The average molecular weight is 309 g/mol. The van der Waals surface area contributed by atoms with Gasteiger partial charge in [-0.1, -0.05) is 19.3 Å². The molecule has 124 valence electrons. The third-order valence-corrected chi connectivity index (χ3v) is 6.37. The van der Waals surface area contributed by atoms with Crippen molar-refractivity contribution in [3.05, 3.63) is 0 Å². The summed E-state index contributed by atoms with van der Waals surface area (Å²) in [5.41, 5.74) is 6.01. The fourth-order valence-electron chi connectivity index (χ4n) is 4.68. The Balaban J connectivity index is 1.47. The van der Waals surface area contributed by atoms with E-state index in [1.54, 1.807) is 0 Å². The maximum Gasteiger partial charge on any atom is 0.147 e. The van der Waals surface area contributed by atoms with Crippen LogP contribution in [0.25, 0.3) is 0 Å². The molecule has 22 heavy (non-hydrogen) atoms. The number of hydrogen-bond donors (Lipinski definition) is 4. The van der Waals surface area contributed by atoms with Crippen molar-refractivity contribution in [2.24, 2.45) is 35.3 Å². The molecule has 0 aromatic carbocycles. The molecule has 0 spiro atoms. The molecule has 7 atom stereocenters. The van der Waals surface area contributed by atoms with Gasteiger partial charge in [0.15, 0.2) is 0 Å². The van der Waals surface area contributed by atoms with Gasteiger partial charge >= 0.3 is 0 Å². The fourth-order valence-corrected chi connectivity index (χ4v) is 4.68. The number of fused-ring (bicyclic) bond motifs is 2. The minimum Gasteiger partial charge on any atom is -0.396 e. The Kier molecular flexibility index (Phi) is 3.98. The molecule has 6 heteroatoms. The minimum atomic E-state index is -0.306. The van der Waals surface area contributed by atoms with Gasteiger partial charge in [0.2, 0.25) is 0 Å². The molecule has 0 radical (unpaired) electrons. The molecule has 0 aromatic heterocycles. The lowest BCUT2D eigenvalue weighted by Crippen LogP contribution is -2.67. The van der Waals surface area contributed by atoms with Crippen molar-refractivity contribution in [2.75, 3.05) is 13.2 Å². The van der Waals surface area contributed by atoms with Crippen LogP contribution in [0.3, 0.4) is 0 Å². The van der Waals surface area contributed by atoms with Crippen LogP contribution in [0.15, 0.2) is 0 Å². The smallest absolute Gasteiger partial charge is 0.147 e. The molecule has 1 saturated carbocycles. The van der Waals surface area contributed by atoms with Crippen LogP contribution >= 0.6 is 0 Å². The largest absolute Gasteiger partial charge is 0.396 e. The average Bonchev–Trinajstić information content (AvgIpc) is 2.46. The first-order valence-corrected chi connectivity index (χ1v) is 8.72. The topological polar surface area (TPSA) is 96.6 Å². The number of aliphatic hydroxyl groups is 1. The predicted molar refractivity (Wildman–Crippen MR) is 80.4 cm³/mol. The molecule has 6 nitrogen and oxygen atoms in total. The van der Waals surface area contributed by atoms with Crippen molar-refractivity contribution in [3.63, 3.8) is 0 Å². The third-order valence-electron chi connectivity index (χ3n) is 6.37. The summed E-state index contributed by atoms with van der Waals surface area (Å²) in [5, 5.41) is 16.1. The number of ether oxygens (including phenoxy) is 1. The number of aliphatic hydroxyl groups excluding tert-OH is 1. The second-order valence-electron chi connectivity index (χ2n) is 7.56. The highest BCUT2D eigenvalue weighted by Gasteiger charge is 2.51. The van der Waals surface area contributed by atoms with Crippen LogP contribution in [-0.2, 0) is 9.53 Å². The lowest BCUT2D eigenvalue weighted by atomic mass is 9.68. The third kappa shape index (κ3) is 2.41. The Hall–Kier alpha value is -0.530. The normalized spacial score (nSPS) is 49.2. The summed E-state index contributed by atoms with van der Waals surface area (Å²) in [6.07, 6.45) is 4.77. The van der Waals surface area contributed by atoms with Crippen LogP contribution in [0.2, 0.25) is 0 Å². The number of nitrogens with one attached hydrogen (secondary N) is 2. The van der Waals surface area contributed by atoms with Gasteiger partial charge in [0, 0.05) is 19.1 Å². The monoisotopic (exact) mass is 309 g/mol. The van der Waals surface area contributed by atoms with E-state index >= 15 is 0 Å². The zero-order chi connectivity index (χ0) is 15.3. The zero-order valence-electron chi connectivity index (χ0n) is 12.9. The van der Waals surface area contributed by atoms with E-state index in [-0.39, 0.29) is 43.0 Å². The Morgan fingerprint density at radius 2 is 1.95 bits per heavy atom. The Labute approximate surface area is 131 Å². The quantitative estimate of drug-likeness (QED) is 0.562. The molecule has 3 aliphatic heterocycles. The molecular weight excluding hydrogens is 282 g/mol. The first-order chi connectivity index (χ1) is 10.7. The van der Waals surface area contributed by atoms with Gasteiger partial charge < -0.3 is 15.6 Å². The number of rotatable bonds is 2. The van der Waals surface area contributed by atoms with Gasteiger partial charge in [-0.3, -0.25) is 15.4 Å². The van der Waals surface area contributed by atoms with Crippen molar-refractivity contribution in [1.82, 2.24) is 10.6 Å². The van der Waals surface area contributed by atoms with Gasteiger partial charge in [-0.05, 0) is 24.7 Å². The van der Waals surface area contributed by atoms with Crippen LogP contribution in [0.5, 0.6) is 0 Å². The molecule has 3 heterocycles. The summed E-state index contributed by atoms with van der Waals surface area (Å²) in [6.45, 7) is 0.976. The summed E-state index contributed by atoms with van der Waals surface area (Å²) in [7, 11) is 0. The number of piperidine rings is 2. The number of carbonyl (C=O) groups is 1. The molecule has 3 saturated heterocycles. The van der Waals surface area contributed by atoms with E-state index in [1.165, 1.54) is 19.3 Å². The number of ketones is 1. The van der Waals surface area contributed by atoms with Gasteiger partial charge in [-0.15, -0.1) is 0 Å². The number of nitrogens with two attached hydrogens (primary N) is 1. The van der Waals surface area contributed by atoms with E-state index in [9.17, 15) is 9.90 Å². The first kappa shape index (κ1) is 15.0.